The van der Waals surface area contributed by atoms with E-state index in [0.717, 1.165) is 43.3 Å². The second-order valence-electron chi connectivity index (χ2n) is 5.22. The lowest BCUT2D eigenvalue weighted by atomic mass is 10.2. The van der Waals surface area contributed by atoms with Crippen LogP contribution in [-0.2, 0) is 13.0 Å². The van der Waals surface area contributed by atoms with E-state index in [4.69, 9.17) is 0 Å². The van der Waals surface area contributed by atoms with Crippen LogP contribution < -0.4 is 10.9 Å². The molecule has 3 heterocycles. The fourth-order valence-corrected chi connectivity index (χ4v) is 3.36. The molecule has 0 radical (unpaired) electrons. The van der Waals surface area contributed by atoms with Gasteiger partial charge in [0.15, 0.2) is 0 Å². The first kappa shape index (κ1) is 13.7. The minimum atomic E-state index is -0.0795. The third-order valence-electron chi connectivity index (χ3n) is 3.48. The summed E-state index contributed by atoms with van der Waals surface area (Å²) in [7, 11) is 0. The summed E-state index contributed by atoms with van der Waals surface area (Å²) in [6, 6.07) is 2.10. The molecule has 0 spiro atoms. The molecule has 6 nitrogen and oxygen atoms in total. The standard InChI is InChI=1S/C13H19N5OS/c1-3-11-16-18-12(19)6-10(15-13(18)20-11)8-17-5-4-14-9(2)7-17/h6,9,14H,3-5,7-8H2,1-2H3/t9-/m0/s1. The molecule has 1 N–H and O–H groups in total. The molecule has 1 saturated heterocycles. The molecule has 1 fully saturated rings. The molecule has 0 amide bonds. The lowest BCUT2D eigenvalue weighted by molar-refractivity contribution is 0.197. The van der Waals surface area contributed by atoms with Crippen molar-refractivity contribution in [2.75, 3.05) is 19.6 Å². The topological polar surface area (TPSA) is 62.5 Å². The third-order valence-corrected chi connectivity index (χ3v) is 4.53. The Labute approximate surface area is 121 Å². The summed E-state index contributed by atoms with van der Waals surface area (Å²) in [4.78, 5) is 19.7. The first-order chi connectivity index (χ1) is 9.65. The zero-order valence-electron chi connectivity index (χ0n) is 11.8. The number of rotatable bonds is 3. The zero-order valence-corrected chi connectivity index (χ0v) is 12.6. The van der Waals surface area contributed by atoms with Crippen LogP contribution in [0, 0.1) is 0 Å². The molecule has 20 heavy (non-hydrogen) atoms. The maximum atomic E-state index is 12.1. The third kappa shape index (κ3) is 2.74. The Morgan fingerprint density at radius 1 is 1.55 bits per heavy atom. The highest BCUT2D eigenvalue weighted by Crippen LogP contribution is 2.13. The van der Waals surface area contributed by atoms with Gasteiger partial charge in [-0.25, -0.2) is 4.98 Å². The van der Waals surface area contributed by atoms with Crippen LogP contribution in [0.3, 0.4) is 0 Å². The number of aryl methyl sites for hydroxylation is 1. The highest BCUT2D eigenvalue weighted by molar-refractivity contribution is 7.16. The van der Waals surface area contributed by atoms with Crippen LogP contribution in [0.1, 0.15) is 24.5 Å². The van der Waals surface area contributed by atoms with Gasteiger partial charge >= 0.3 is 0 Å². The molecule has 2 aromatic rings. The molecule has 3 rings (SSSR count). The van der Waals surface area contributed by atoms with Gasteiger partial charge in [0.05, 0.1) is 5.69 Å². The van der Waals surface area contributed by atoms with Gasteiger partial charge in [-0.05, 0) is 13.3 Å². The first-order valence-electron chi connectivity index (χ1n) is 7.00. The Morgan fingerprint density at radius 3 is 3.15 bits per heavy atom. The maximum Gasteiger partial charge on any atom is 0.275 e. The van der Waals surface area contributed by atoms with Gasteiger partial charge in [-0.15, -0.1) is 0 Å². The number of piperazine rings is 1. The number of hydrogen-bond acceptors (Lipinski definition) is 6. The summed E-state index contributed by atoms with van der Waals surface area (Å²) >= 11 is 1.50. The largest absolute Gasteiger partial charge is 0.312 e. The van der Waals surface area contributed by atoms with E-state index in [1.54, 1.807) is 6.07 Å². The van der Waals surface area contributed by atoms with Crippen LogP contribution >= 0.6 is 11.3 Å². The van der Waals surface area contributed by atoms with Crippen LogP contribution in [-0.4, -0.2) is 45.2 Å². The number of nitrogens with one attached hydrogen (secondary N) is 1. The van der Waals surface area contributed by atoms with Crippen molar-refractivity contribution < 1.29 is 0 Å². The number of hydrogen-bond donors (Lipinski definition) is 1. The van der Waals surface area contributed by atoms with Gasteiger partial charge in [0, 0.05) is 38.3 Å². The minimum absolute atomic E-state index is 0.0795. The SMILES string of the molecule is CCc1nn2c(=O)cc(CN3CCN[C@@H](C)C3)nc2s1. The van der Waals surface area contributed by atoms with Crippen LogP contribution in [0.4, 0.5) is 0 Å². The predicted molar refractivity (Wildman–Crippen MR) is 79.3 cm³/mol. The van der Waals surface area contributed by atoms with Crippen molar-refractivity contribution in [1.82, 2.24) is 24.8 Å². The smallest absolute Gasteiger partial charge is 0.275 e. The van der Waals surface area contributed by atoms with Gasteiger partial charge in [-0.2, -0.15) is 9.61 Å². The van der Waals surface area contributed by atoms with E-state index in [1.807, 2.05) is 6.92 Å². The summed E-state index contributed by atoms with van der Waals surface area (Å²) in [5.41, 5.74) is 0.763. The fourth-order valence-electron chi connectivity index (χ4n) is 2.50. The van der Waals surface area contributed by atoms with E-state index in [1.165, 1.54) is 15.9 Å². The molecule has 0 saturated carbocycles. The van der Waals surface area contributed by atoms with Crippen LogP contribution in [0.25, 0.3) is 4.96 Å². The normalized spacial score (nSPS) is 20.6. The highest BCUT2D eigenvalue weighted by atomic mass is 32.1. The Bertz CT molecular complexity index is 664. The van der Waals surface area contributed by atoms with E-state index in [2.05, 4.69) is 27.2 Å². The average molecular weight is 293 g/mol. The van der Waals surface area contributed by atoms with E-state index in [0.29, 0.717) is 11.0 Å². The molecule has 1 aliphatic rings. The molecule has 0 aromatic carbocycles. The second kappa shape index (κ2) is 5.59. The van der Waals surface area contributed by atoms with E-state index >= 15 is 0 Å². The van der Waals surface area contributed by atoms with E-state index in [-0.39, 0.29) is 5.56 Å². The first-order valence-corrected chi connectivity index (χ1v) is 7.81. The van der Waals surface area contributed by atoms with Crippen molar-refractivity contribution in [2.45, 2.75) is 32.9 Å². The molecule has 0 aliphatic carbocycles. The Balaban J connectivity index is 1.86. The number of aromatic nitrogens is 3. The summed E-state index contributed by atoms with van der Waals surface area (Å²) in [5.74, 6) is 0. The molecule has 0 unspecified atom stereocenters. The Kier molecular flexibility index (Phi) is 3.82. The molecule has 1 aliphatic heterocycles. The number of nitrogens with zero attached hydrogens (tertiary/aromatic N) is 4. The van der Waals surface area contributed by atoms with Crippen molar-refractivity contribution in [3.05, 3.63) is 27.1 Å². The summed E-state index contributed by atoms with van der Waals surface area (Å²) < 4.78 is 1.41. The molecule has 1 atom stereocenters. The quantitative estimate of drug-likeness (QED) is 0.893. The Morgan fingerprint density at radius 2 is 2.40 bits per heavy atom. The molecule has 2 aromatic heterocycles. The van der Waals surface area contributed by atoms with Gasteiger partial charge < -0.3 is 5.32 Å². The van der Waals surface area contributed by atoms with Gasteiger partial charge in [0.25, 0.3) is 5.56 Å². The molecular formula is C13H19N5OS. The lowest BCUT2D eigenvalue weighted by Crippen LogP contribution is -2.48. The van der Waals surface area contributed by atoms with Crippen molar-refractivity contribution in [2.24, 2.45) is 0 Å². The number of fused-ring (bicyclic) bond motifs is 1. The van der Waals surface area contributed by atoms with Gasteiger partial charge in [-0.3, -0.25) is 9.69 Å². The summed E-state index contributed by atoms with van der Waals surface area (Å²) in [6.45, 7) is 7.92. The zero-order chi connectivity index (χ0) is 14.1. The van der Waals surface area contributed by atoms with Crippen LogP contribution in [0.5, 0.6) is 0 Å². The van der Waals surface area contributed by atoms with Crippen molar-refractivity contribution >= 4 is 16.3 Å². The van der Waals surface area contributed by atoms with Crippen molar-refractivity contribution in [1.29, 1.82) is 0 Å². The maximum absolute atomic E-state index is 12.1. The van der Waals surface area contributed by atoms with Crippen LogP contribution in [0.15, 0.2) is 10.9 Å². The van der Waals surface area contributed by atoms with Gasteiger partial charge in [0.1, 0.15) is 5.01 Å². The Hall–Kier alpha value is -1.31. The minimum Gasteiger partial charge on any atom is -0.312 e. The van der Waals surface area contributed by atoms with E-state index < -0.39 is 0 Å². The predicted octanol–water partition coefficient (Wildman–Crippen LogP) is 0.507. The summed E-state index contributed by atoms with van der Waals surface area (Å²) in [5, 5.41) is 8.63. The van der Waals surface area contributed by atoms with E-state index in [9.17, 15) is 4.79 Å². The molecule has 7 heteroatoms. The van der Waals surface area contributed by atoms with Crippen molar-refractivity contribution in [3.63, 3.8) is 0 Å². The fraction of sp³-hybridized carbons (Fsp3) is 0.615. The van der Waals surface area contributed by atoms with Gasteiger partial charge in [-0.1, -0.05) is 18.3 Å². The molecule has 108 valence electrons. The summed E-state index contributed by atoms with van der Waals surface area (Å²) in [6.07, 6.45) is 0.831. The average Bonchev–Trinajstić information content (AvgIpc) is 2.82. The van der Waals surface area contributed by atoms with Gasteiger partial charge in [0.2, 0.25) is 4.96 Å². The molecular weight excluding hydrogens is 274 g/mol. The highest BCUT2D eigenvalue weighted by Gasteiger charge is 2.17. The molecule has 0 bridgehead atoms. The lowest BCUT2D eigenvalue weighted by Gasteiger charge is -2.31. The van der Waals surface area contributed by atoms with Crippen molar-refractivity contribution in [3.8, 4) is 0 Å². The second-order valence-corrected chi connectivity index (χ2v) is 6.26. The monoisotopic (exact) mass is 293 g/mol. The van der Waals surface area contributed by atoms with Crippen LogP contribution in [0.2, 0.25) is 0 Å².